The van der Waals surface area contributed by atoms with Gasteiger partial charge in [-0.15, -0.1) is 0 Å². The number of hydrogen-bond acceptors (Lipinski definition) is 4. The minimum absolute atomic E-state index is 0.0382. The smallest absolute Gasteiger partial charge is 0.239 e. The second kappa shape index (κ2) is 4.95. The molecule has 1 aliphatic heterocycles. The maximum atomic E-state index is 12.2. The first kappa shape index (κ1) is 13.5. The van der Waals surface area contributed by atoms with Crippen molar-refractivity contribution in [3.63, 3.8) is 0 Å². The van der Waals surface area contributed by atoms with Gasteiger partial charge in [-0.2, -0.15) is 0 Å². The van der Waals surface area contributed by atoms with E-state index in [9.17, 15) is 9.59 Å². The van der Waals surface area contributed by atoms with Gasteiger partial charge in [0.15, 0.2) is 0 Å². The van der Waals surface area contributed by atoms with E-state index in [-0.39, 0.29) is 29.1 Å². The summed E-state index contributed by atoms with van der Waals surface area (Å²) in [6.45, 7) is 6.60. The fourth-order valence-corrected chi connectivity index (χ4v) is 2.28. The number of aromatic nitrogens is 2. The molecule has 2 heterocycles. The lowest BCUT2D eigenvalue weighted by Gasteiger charge is -2.29. The zero-order chi connectivity index (χ0) is 14.0. The van der Waals surface area contributed by atoms with E-state index in [1.807, 2.05) is 20.8 Å². The number of hydrogen-bond donors (Lipinski definition) is 2. The van der Waals surface area contributed by atoms with Crippen molar-refractivity contribution in [3.8, 4) is 0 Å². The highest BCUT2D eigenvalue weighted by Crippen LogP contribution is 2.35. The Morgan fingerprint density at radius 3 is 2.58 bits per heavy atom. The lowest BCUT2D eigenvalue weighted by molar-refractivity contribution is -0.132. The molecular formula is C13H18N4O2. The van der Waals surface area contributed by atoms with Crippen molar-refractivity contribution in [2.45, 2.75) is 20.8 Å². The molecule has 2 rings (SSSR count). The van der Waals surface area contributed by atoms with Crippen molar-refractivity contribution in [3.05, 3.63) is 18.5 Å². The molecule has 2 N–H and O–H groups in total. The van der Waals surface area contributed by atoms with Gasteiger partial charge < -0.3 is 5.32 Å². The van der Waals surface area contributed by atoms with E-state index in [4.69, 9.17) is 0 Å². The number of carbonyl (C=O) groups is 2. The highest BCUT2D eigenvalue weighted by Gasteiger charge is 2.45. The zero-order valence-corrected chi connectivity index (χ0v) is 11.3. The molecule has 0 unspecified atom stereocenters. The van der Waals surface area contributed by atoms with Crippen LogP contribution in [0.1, 0.15) is 20.8 Å². The normalized spacial score (nSPS) is 23.0. The van der Waals surface area contributed by atoms with Gasteiger partial charge in [0.05, 0.1) is 0 Å². The Labute approximate surface area is 112 Å². The predicted molar refractivity (Wildman–Crippen MR) is 70.1 cm³/mol. The molecule has 0 bridgehead atoms. The fourth-order valence-electron chi connectivity index (χ4n) is 2.28. The Balaban J connectivity index is 2.15. The minimum Gasteiger partial charge on any atom is -0.355 e. The Kier molecular flexibility index (Phi) is 3.50. The lowest BCUT2D eigenvalue weighted by atomic mass is 9.74. The van der Waals surface area contributed by atoms with Crippen LogP contribution in [0.3, 0.4) is 0 Å². The quantitative estimate of drug-likeness (QED) is 0.773. The Morgan fingerprint density at radius 2 is 2.00 bits per heavy atom. The Bertz CT molecular complexity index is 481. The summed E-state index contributed by atoms with van der Waals surface area (Å²) in [6.07, 6.45) is 3.08. The van der Waals surface area contributed by atoms with Gasteiger partial charge in [-0.25, -0.2) is 9.97 Å². The standard InChI is InChI=1S/C13H18N4O2/c1-13(2,3)8-7-16-10(18)9(8)11(19)17-12-14-5-4-6-15-12/h4-6,8-9H,7H2,1-3H3,(H,16,18)(H,14,15,17,19)/t8-,9+/m0/s1. The number of anilines is 1. The highest BCUT2D eigenvalue weighted by atomic mass is 16.2. The van der Waals surface area contributed by atoms with Crippen LogP contribution in [0.5, 0.6) is 0 Å². The number of nitrogens with one attached hydrogen (secondary N) is 2. The van der Waals surface area contributed by atoms with Crippen molar-refractivity contribution in [1.29, 1.82) is 0 Å². The van der Waals surface area contributed by atoms with Crippen LogP contribution in [0.4, 0.5) is 5.95 Å². The summed E-state index contributed by atoms with van der Waals surface area (Å²) < 4.78 is 0. The van der Waals surface area contributed by atoms with E-state index in [0.29, 0.717) is 6.54 Å². The Hall–Kier alpha value is -1.98. The van der Waals surface area contributed by atoms with Crippen LogP contribution in [0.25, 0.3) is 0 Å². The molecule has 0 aromatic carbocycles. The van der Waals surface area contributed by atoms with Crippen molar-refractivity contribution in [2.75, 3.05) is 11.9 Å². The molecule has 1 aromatic heterocycles. The molecule has 1 fully saturated rings. The molecule has 6 nitrogen and oxygen atoms in total. The largest absolute Gasteiger partial charge is 0.355 e. The summed E-state index contributed by atoms with van der Waals surface area (Å²) >= 11 is 0. The minimum atomic E-state index is -0.691. The predicted octanol–water partition coefficient (Wildman–Crippen LogP) is 0.823. The maximum Gasteiger partial charge on any atom is 0.239 e. The third kappa shape index (κ3) is 2.89. The molecule has 0 radical (unpaired) electrons. The molecule has 102 valence electrons. The first-order valence-corrected chi connectivity index (χ1v) is 6.25. The Morgan fingerprint density at radius 1 is 1.37 bits per heavy atom. The second-order valence-corrected chi connectivity index (χ2v) is 5.76. The fraction of sp³-hybridized carbons (Fsp3) is 0.538. The summed E-state index contributed by atoms with van der Waals surface area (Å²) in [4.78, 5) is 31.9. The van der Waals surface area contributed by atoms with Crippen LogP contribution < -0.4 is 10.6 Å². The monoisotopic (exact) mass is 262 g/mol. The SMILES string of the molecule is CC(C)(C)[C@H]1CNC(=O)[C@@H]1C(=O)Nc1ncccn1. The number of amides is 2. The van der Waals surface area contributed by atoms with Crippen LogP contribution in [0.15, 0.2) is 18.5 Å². The van der Waals surface area contributed by atoms with Gasteiger partial charge in [0.25, 0.3) is 0 Å². The second-order valence-electron chi connectivity index (χ2n) is 5.76. The third-order valence-corrected chi connectivity index (χ3v) is 3.38. The van der Waals surface area contributed by atoms with Gasteiger partial charge in [0, 0.05) is 24.9 Å². The highest BCUT2D eigenvalue weighted by molar-refractivity contribution is 6.07. The molecule has 0 aliphatic carbocycles. The van der Waals surface area contributed by atoms with Gasteiger partial charge in [-0.1, -0.05) is 20.8 Å². The summed E-state index contributed by atoms with van der Waals surface area (Å²) in [5.74, 6) is -1.08. The van der Waals surface area contributed by atoms with E-state index in [2.05, 4.69) is 20.6 Å². The van der Waals surface area contributed by atoms with Crippen LogP contribution in [0.2, 0.25) is 0 Å². The molecule has 6 heteroatoms. The third-order valence-electron chi connectivity index (χ3n) is 3.38. The molecule has 0 saturated carbocycles. The van der Waals surface area contributed by atoms with Crippen molar-refractivity contribution < 1.29 is 9.59 Å². The number of carbonyl (C=O) groups excluding carboxylic acids is 2. The van der Waals surface area contributed by atoms with Crippen LogP contribution in [0, 0.1) is 17.3 Å². The first-order chi connectivity index (χ1) is 8.89. The zero-order valence-electron chi connectivity index (χ0n) is 11.3. The van der Waals surface area contributed by atoms with E-state index in [1.165, 1.54) is 0 Å². The maximum absolute atomic E-state index is 12.2. The summed E-state index contributed by atoms with van der Waals surface area (Å²) in [5, 5.41) is 5.35. The van der Waals surface area contributed by atoms with Gasteiger partial charge in [0.1, 0.15) is 5.92 Å². The lowest BCUT2D eigenvalue weighted by Crippen LogP contribution is -2.37. The van der Waals surface area contributed by atoms with Crippen molar-refractivity contribution in [1.82, 2.24) is 15.3 Å². The average molecular weight is 262 g/mol. The summed E-state index contributed by atoms with van der Waals surface area (Å²) in [5.41, 5.74) is -0.126. The van der Waals surface area contributed by atoms with Gasteiger partial charge >= 0.3 is 0 Å². The number of rotatable bonds is 2. The molecule has 1 aliphatic rings. The molecular weight excluding hydrogens is 244 g/mol. The van der Waals surface area contributed by atoms with E-state index in [1.54, 1.807) is 18.5 Å². The van der Waals surface area contributed by atoms with Crippen LogP contribution in [-0.4, -0.2) is 28.3 Å². The van der Waals surface area contributed by atoms with E-state index >= 15 is 0 Å². The molecule has 0 spiro atoms. The molecule has 1 saturated heterocycles. The first-order valence-electron chi connectivity index (χ1n) is 6.25. The van der Waals surface area contributed by atoms with E-state index in [0.717, 1.165) is 0 Å². The van der Waals surface area contributed by atoms with E-state index < -0.39 is 5.92 Å². The van der Waals surface area contributed by atoms with Gasteiger partial charge in [-0.3, -0.25) is 14.9 Å². The molecule has 1 aromatic rings. The van der Waals surface area contributed by atoms with Gasteiger partial charge in [0.2, 0.25) is 17.8 Å². The topological polar surface area (TPSA) is 84.0 Å². The van der Waals surface area contributed by atoms with Gasteiger partial charge in [-0.05, 0) is 11.5 Å². The number of nitrogens with zero attached hydrogens (tertiary/aromatic N) is 2. The molecule has 19 heavy (non-hydrogen) atoms. The summed E-state index contributed by atoms with van der Waals surface area (Å²) in [6, 6.07) is 1.66. The van der Waals surface area contributed by atoms with Crippen LogP contribution >= 0.6 is 0 Å². The van der Waals surface area contributed by atoms with Crippen molar-refractivity contribution in [2.24, 2.45) is 17.3 Å². The van der Waals surface area contributed by atoms with Crippen molar-refractivity contribution >= 4 is 17.8 Å². The average Bonchev–Trinajstić information content (AvgIpc) is 2.72. The molecule has 2 atom stereocenters. The van der Waals surface area contributed by atoms with Crippen LogP contribution in [-0.2, 0) is 9.59 Å². The molecule has 2 amide bonds. The summed E-state index contributed by atoms with van der Waals surface area (Å²) in [7, 11) is 0.